The van der Waals surface area contributed by atoms with E-state index in [9.17, 15) is 19.3 Å². The first-order chi connectivity index (χ1) is 18.7. The molecule has 2 aromatic heterocycles. The van der Waals surface area contributed by atoms with E-state index in [0.29, 0.717) is 41.8 Å². The summed E-state index contributed by atoms with van der Waals surface area (Å²) >= 11 is 3.37. The van der Waals surface area contributed by atoms with E-state index in [1.165, 1.54) is 23.7 Å². The second-order valence-corrected chi connectivity index (χ2v) is 10.3. The first-order valence-corrected chi connectivity index (χ1v) is 13.2. The Labute approximate surface area is 232 Å². The lowest BCUT2D eigenvalue weighted by atomic mass is 9.92. The molecule has 0 amide bonds. The van der Waals surface area contributed by atoms with E-state index in [4.69, 9.17) is 4.74 Å². The molecule has 0 bridgehead atoms. The molecule has 0 spiro atoms. The lowest BCUT2D eigenvalue weighted by molar-refractivity contribution is -0.385. The topological polar surface area (TPSA) is 93.7 Å². The number of nitrogens with zero attached hydrogens (tertiary/aromatic N) is 5. The molecule has 1 saturated heterocycles. The number of aryl methyl sites for hydroxylation is 2. The Kier molecular flexibility index (Phi) is 7.37. The minimum absolute atomic E-state index is 0.228. The van der Waals surface area contributed by atoms with Gasteiger partial charge in [0.1, 0.15) is 21.7 Å². The number of methoxy groups -OCH3 is 1. The second kappa shape index (κ2) is 10.7. The molecule has 0 N–H and O–H groups in total. The fraction of sp³-hybridized carbons (Fsp3) is 0.286. The minimum Gasteiger partial charge on any atom is -0.496 e. The summed E-state index contributed by atoms with van der Waals surface area (Å²) in [6.07, 6.45) is 0. The number of ether oxygens (including phenoxy) is 1. The highest BCUT2D eigenvalue weighted by Gasteiger charge is 2.34. The van der Waals surface area contributed by atoms with Gasteiger partial charge in [-0.25, -0.2) is 9.37 Å². The molecule has 1 atom stereocenters. The molecule has 39 heavy (non-hydrogen) atoms. The molecule has 1 aliphatic rings. The van der Waals surface area contributed by atoms with Gasteiger partial charge in [0, 0.05) is 38.8 Å². The fourth-order valence-electron chi connectivity index (χ4n) is 5.41. The Balaban J connectivity index is 1.57. The van der Waals surface area contributed by atoms with Gasteiger partial charge in [-0.05, 0) is 64.3 Å². The molecule has 11 heteroatoms. The van der Waals surface area contributed by atoms with Crippen LogP contribution < -0.4 is 15.2 Å². The number of nitro groups is 1. The zero-order valence-electron chi connectivity index (χ0n) is 21.7. The number of rotatable bonds is 6. The number of hydrogen-bond donors (Lipinski definition) is 0. The molecule has 0 aliphatic carbocycles. The third-order valence-electron chi connectivity index (χ3n) is 7.30. The van der Waals surface area contributed by atoms with Gasteiger partial charge in [-0.1, -0.05) is 24.3 Å². The van der Waals surface area contributed by atoms with E-state index in [1.807, 2.05) is 30.0 Å². The maximum atomic E-state index is 13.8. The number of pyridine rings is 2. The Hall–Kier alpha value is -3.83. The average Bonchev–Trinajstić information content (AvgIpc) is 2.92. The van der Waals surface area contributed by atoms with Crippen LogP contribution >= 0.6 is 15.9 Å². The van der Waals surface area contributed by atoms with E-state index >= 15 is 0 Å². The largest absolute Gasteiger partial charge is 0.496 e. The molecule has 0 radical (unpaired) electrons. The highest BCUT2D eigenvalue weighted by Crippen LogP contribution is 2.39. The van der Waals surface area contributed by atoms with Crippen molar-refractivity contribution < 1.29 is 14.1 Å². The van der Waals surface area contributed by atoms with E-state index in [2.05, 4.69) is 25.8 Å². The maximum Gasteiger partial charge on any atom is 0.359 e. The normalized spacial score (nSPS) is 14.9. The number of aromatic nitrogens is 2. The van der Waals surface area contributed by atoms with E-state index in [1.54, 1.807) is 31.4 Å². The zero-order valence-corrected chi connectivity index (χ0v) is 23.3. The molecular formula is C28H27BrFN5O4. The van der Waals surface area contributed by atoms with Crippen molar-refractivity contribution in [1.82, 2.24) is 14.5 Å². The lowest BCUT2D eigenvalue weighted by Crippen LogP contribution is -2.48. The third-order valence-corrected chi connectivity index (χ3v) is 7.74. The Bertz CT molecular complexity index is 1620. The van der Waals surface area contributed by atoms with Gasteiger partial charge in [0.2, 0.25) is 0 Å². The van der Waals surface area contributed by atoms with E-state index < -0.39 is 16.2 Å². The summed E-state index contributed by atoms with van der Waals surface area (Å²) < 4.78 is 21.4. The van der Waals surface area contributed by atoms with Crippen molar-refractivity contribution in [3.63, 3.8) is 0 Å². The molecule has 1 fully saturated rings. The summed E-state index contributed by atoms with van der Waals surface area (Å²) in [5.41, 5.74) is 2.90. The fourth-order valence-corrected chi connectivity index (χ4v) is 5.72. The second-order valence-electron chi connectivity index (χ2n) is 9.49. The monoisotopic (exact) mass is 595 g/mol. The van der Waals surface area contributed by atoms with Gasteiger partial charge in [0.25, 0.3) is 0 Å². The van der Waals surface area contributed by atoms with Crippen LogP contribution in [-0.4, -0.2) is 52.7 Å². The summed E-state index contributed by atoms with van der Waals surface area (Å²) in [7, 11) is 3.14. The number of fused-ring (bicyclic) bond motifs is 1. The quantitative estimate of drug-likeness (QED) is 0.176. The van der Waals surface area contributed by atoms with Gasteiger partial charge in [-0.15, -0.1) is 0 Å². The van der Waals surface area contributed by atoms with E-state index in [-0.39, 0.29) is 17.5 Å². The minimum atomic E-state index is -0.678. The number of piperazine rings is 1. The number of anilines is 1. The van der Waals surface area contributed by atoms with Gasteiger partial charge >= 0.3 is 11.2 Å². The summed E-state index contributed by atoms with van der Waals surface area (Å²) in [5, 5.41) is 12.1. The molecule has 2 aromatic carbocycles. The molecule has 3 heterocycles. The smallest absolute Gasteiger partial charge is 0.359 e. The number of benzene rings is 2. The van der Waals surface area contributed by atoms with Crippen LogP contribution in [0.5, 0.6) is 5.75 Å². The maximum absolute atomic E-state index is 13.8. The summed E-state index contributed by atoms with van der Waals surface area (Å²) in [6, 6.07) is 15.5. The van der Waals surface area contributed by atoms with Crippen LogP contribution in [-0.2, 0) is 7.05 Å². The van der Waals surface area contributed by atoms with Crippen LogP contribution in [0.4, 0.5) is 15.8 Å². The average molecular weight is 596 g/mol. The predicted octanol–water partition coefficient (Wildman–Crippen LogP) is 4.97. The van der Waals surface area contributed by atoms with Gasteiger partial charge in [-0.3, -0.25) is 19.8 Å². The molecule has 5 rings (SSSR count). The lowest BCUT2D eigenvalue weighted by Gasteiger charge is -2.41. The number of halogens is 2. The SMILES string of the molecule is COc1cccc(C)c1[C@@H](c1ccc(F)cc1)N1CCN(c2c([N+](=O)[O-])c(=O)n(C)c3ccc(Br)nc23)CC1. The van der Waals surface area contributed by atoms with Crippen molar-refractivity contribution >= 4 is 38.3 Å². The van der Waals surface area contributed by atoms with Crippen molar-refractivity contribution in [2.75, 3.05) is 38.2 Å². The van der Waals surface area contributed by atoms with Crippen molar-refractivity contribution in [2.24, 2.45) is 7.05 Å². The van der Waals surface area contributed by atoms with Crippen molar-refractivity contribution in [2.45, 2.75) is 13.0 Å². The predicted molar refractivity (Wildman–Crippen MR) is 151 cm³/mol. The molecule has 1 aliphatic heterocycles. The van der Waals surface area contributed by atoms with Crippen molar-refractivity contribution in [3.05, 3.63) is 102 Å². The molecule has 0 unspecified atom stereocenters. The summed E-state index contributed by atoms with van der Waals surface area (Å²) in [4.78, 5) is 33.2. The molecule has 9 nitrogen and oxygen atoms in total. The van der Waals surface area contributed by atoms with Gasteiger partial charge in [0.05, 0.1) is 23.6 Å². The molecule has 0 saturated carbocycles. The number of hydrogen-bond acceptors (Lipinski definition) is 7. The highest BCUT2D eigenvalue weighted by molar-refractivity contribution is 9.10. The highest BCUT2D eigenvalue weighted by atomic mass is 79.9. The van der Waals surface area contributed by atoms with Crippen LogP contribution in [0.3, 0.4) is 0 Å². The van der Waals surface area contributed by atoms with Crippen LogP contribution in [0.1, 0.15) is 22.7 Å². The summed E-state index contributed by atoms with van der Waals surface area (Å²) in [6.45, 7) is 3.92. The van der Waals surface area contributed by atoms with Gasteiger partial charge in [0.15, 0.2) is 5.69 Å². The summed E-state index contributed by atoms with van der Waals surface area (Å²) in [5.74, 6) is 0.413. The van der Waals surface area contributed by atoms with Crippen LogP contribution in [0.2, 0.25) is 0 Å². The van der Waals surface area contributed by atoms with Crippen LogP contribution in [0, 0.1) is 22.9 Å². The Morgan fingerprint density at radius 3 is 2.41 bits per heavy atom. The van der Waals surface area contributed by atoms with Gasteiger partial charge < -0.3 is 14.2 Å². The standard InChI is InChI=1S/C28H27BrFN5O4/c1-17-5-4-6-21(39-3)23(17)25(18-7-9-19(30)10-8-18)33-13-15-34(16-14-33)26-24-20(11-12-22(29)31-24)32(2)28(36)27(26)35(37)38/h4-12,25H,13-16H2,1-3H3/t25-/m1/s1. The Morgan fingerprint density at radius 2 is 1.77 bits per heavy atom. The van der Waals surface area contributed by atoms with Crippen molar-refractivity contribution in [3.8, 4) is 5.75 Å². The van der Waals surface area contributed by atoms with E-state index in [0.717, 1.165) is 22.4 Å². The van der Waals surface area contributed by atoms with Gasteiger partial charge in [-0.2, -0.15) is 0 Å². The third kappa shape index (κ3) is 4.87. The van der Waals surface area contributed by atoms with Crippen LogP contribution in [0.15, 0.2) is 64.0 Å². The molecule has 202 valence electrons. The molecule has 4 aromatic rings. The zero-order chi connectivity index (χ0) is 27.8. The first-order valence-electron chi connectivity index (χ1n) is 12.4. The van der Waals surface area contributed by atoms with Crippen molar-refractivity contribution in [1.29, 1.82) is 0 Å². The Morgan fingerprint density at radius 1 is 1.08 bits per heavy atom. The molecular weight excluding hydrogens is 569 g/mol. The van der Waals surface area contributed by atoms with Crippen LogP contribution in [0.25, 0.3) is 11.0 Å². The first kappa shape index (κ1) is 26.8.